The van der Waals surface area contributed by atoms with Crippen LogP contribution in [-0.2, 0) is 6.42 Å². The highest BCUT2D eigenvalue weighted by Gasteiger charge is 2.27. The highest BCUT2D eigenvalue weighted by Crippen LogP contribution is 2.33. The summed E-state index contributed by atoms with van der Waals surface area (Å²) in [4.78, 5) is 13.5. The summed E-state index contributed by atoms with van der Waals surface area (Å²) < 4.78 is 11.2. The zero-order chi connectivity index (χ0) is 24.2. The van der Waals surface area contributed by atoms with Crippen molar-refractivity contribution in [1.82, 2.24) is 10.5 Å². The summed E-state index contributed by atoms with van der Waals surface area (Å²) in [5, 5.41) is 7.71. The van der Waals surface area contributed by atoms with Crippen LogP contribution in [0.1, 0.15) is 27.5 Å². The third-order valence-corrected chi connectivity index (χ3v) is 5.92. The second-order valence-electron chi connectivity index (χ2n) is 8.07. The summed E-state index contributed by atoms with van der Waals surface area (Å²) in [7, 11) is 0. The standard InChI is InChI=1S/C28H22ClN3O3/c29-21-13-7-12-20(17-21)23-14-15-24(34-23)26-25(27(30)35-32-26)28(33)31-22(19-10-5-2-6-11-19)16-18-8-3-1-4-9-18/h1-15,17,22H,16,30H2,(H,31,33). The molecule has 0 saturated heterocycles. The Labute approximate surface area is 207 Å². The molecule has 2 aromatic heterocycles. The van der Waals surface area contributed by atoms with Gasteiger partial charge in [0.15, 0.2) is 11.5 Å². The van der Waals surface area contributed by atoms with Crippen LogP contribution < -0.4 is 11.1 Å². The molecule has 0 aliphatic heterocycles. The van der Waals surface area contributed by atoms with Crippen molar-refractivity contribution in [1.29, 1.82) is 0 Å². The van der Waals surface area contributed by atoms with Crippen molar-refractivity contribution in [2.45, 2.75) is 12.5 Å². The van der Waals surface area contributed by atoms with Gasteiger partial charge in [-0.3, -0.25) is 4.79 Å². The van der Waals surface area contributed by atoms with Gasteiger partial charge >= 0.3 is 0 Å². The fourth-order valence-corrected chi connectivity index (χ4v) is 4.16. The maximum absolute atomic E-state index is 13.5. The molecule has 174 valence electrons. The summed E-state index contributed by atoms with van der Waals surface area (Å²) in [5.74, 6) is 0.473. The second-order valence-corrected chi connectivity index (χ2v) is 8.51. The van der Waals surface area contributed by atoms with Crippen molar-refractivity contribution < 1.29 is 13.7 Å². The molecule has 0 spiro atoms. The van der Waals surface area contributed by atoms with Crippen LogP contribution in [0.15, 0.2) is 106 Å². The van der Waals surface area contributed by atoms with Crippen LogP contribution in [0.4, 0.5) is 5.88 Å². The van der Waals surface area contributed by atoms with Gasteiger partial charge in [0.1, 0.15) is 11.3 Å². The van der Waals surface area contributed by atoms with Gasteiger partial charge in [-0.1, -0.05) is 89.6 Å². The first-order valence-corrected chi connectivity index (χ1v) is 11.5. The lowest BCUT2D eigenvalue weighted by Gasteiger charge is -2.19. The molecule has 7 heteroatoms. The van der Waals surface area contributed by atoms with E-state index >= 15 is 0 Å². The van der Waals surface area contributed by atoms with E-state index in [1.54, 1.807) is 24.3 Å². The van der Waals surface area contributed by atoms with Crippen LogP contribution in [0.2, 0.25) is 5.02 Å². The number of nitrogen functional groups attached to an aromatic ring is 1. The molecule has 3 aromatic carbocycles. The molecule has 5 rings (SSSR count). The van der Waals surface area contributed by atoms with Crippen LogP contribution in [0.25, 0.3) is 22.8 Å². The van der Waals surface area contributed by atoms with E-state index in [0.29, 0.717) is 23.0 Å². The largest absolute Gasteiger partial charge is 0.454 e. The lowest BCUT2D eigenvalue weighted by Crippen LogP contribution is -2.30. The van der Waals surface area contributed by atoms with Crippen molar-refractivity contribution in [2.75, 3.05) is 5.73 Å². The fourth-order valence-electron chi connectivity index (χ4n) is 3.97. The SMILES string of the molecule is Nc1onc(-c2ccc(-c3cccc(Cl)c3)o2)c1C(=O)NC(Cc1ccccc1)c1ccccc1. The van der Waals surface area contributed by atoms with Gasteiger partial charge in [0, 0.05) is 10.6 Å². The number of hydrogen-bond acceptors (Lipinski definition) is 5. The van der Waals surface area contributed by atoms with E-state index < -0.39 is 5.91 Å². The monoisotopic (exact) mass is 483 g/mol. The number of nitrogens with zero attached hydrogens (tertiary/aromatic N) is 1. The van der Waals surface area contributed by atoms with Crippen molar-refractivity contribution >= 4 is 23.4 Å². The maximum atomic E-state index is 13.5. The Morgan fingerprint density at radius 2 is 1.63 bits per heavy atom. The summed E-state index contributed by atoms with van der Waals surface area (Å²) in [5.41, 5.74) is 9.27. The first-order chi connectivity index (χ1) is 17.1. The number of carbonyl (C=O) groups is 1. The predicted molar refractivity (Wildman–Crippen MR) is 136 cm³/mol. The van der Waals surface area contributed by atoms with E-state index in [2.05, 4.69) is 10.5 Å². The van der Waals surface area contributed by atoms with E-state index in [-0.39, 0.29) is 23.2 Å². The third kappa shape index (κ3) is 4.98. The topological polar surface area (TPSA) is 94.3 Å². The van der Waals surface area contributed by atoms with Gasteiger partial charge in [-0.05, 0) is 41.8 Å². The molecule has 1 unspecified atom stereocenters. The van der Waals surface area contributed by atoms with Crippen molar-refractivity contribution in [3.63, 3.8) is 0 Å². The van der Waals surface area contributed by atoms with Crippen LogP contribution >= 0.6 is 11.6 Å². The van der Waals surface area contributed by atoms with E-state index in [9.17, 15) is 4.79 Å². The second kappa shape index (κ2) is 9.91. The normalized spacial score (nSPS) is 11.8. The summed E-state index contributed by atoms with van der Waals surface area (Å²) in [6, 6.07) is 30.3. The molecule has 1 amide bonds. The van der Waals surface area contributed by atoms with Gasteiger partial charge in [0.05, 0.1) is 6.04 Å². The molecular formula is C28H22ClN3O3. The van der Waals surface area contributed by atoms with Crippen LogP contribution in [0.5, 0.6) is 0 Å². The van der Waals surface area contributed by atoms with E-state index in [4.69, 9.17) is 26.3 Å². The molecule has 0 radical (unpaired) electrons. The van der Waals surface area contributed by atoms with Crippen LogP contribution in [0, 0.1) is 0 Å². The Balaban J connectivity index is 1.44. The van der Waals surface area contributed by atoms with Crippen LogP contribution in [0.3, 0.4) is 0 Å². The Bertz CT molecular complexity index is 1440. The minimum atomic E-state index is -0.399. The predicted octanol–water partition coefficient (Wildman–Crippen LogP) is 6.55. The van der Waals surface area contributed by atoms with Crippen molar-refractivity contribution in [3.8, 4) is 22.8 Å². The lowest BCUT2D eigenvalue weighted by molar-refractivity contribution is 0.0937. The van der Waals surface area contributed by atoms with Gasteiger partial charge in [0.25, 0.3) is 5.91 Å². The number of furan rings is 1. The molecule has 0 aliphatic rings. The van der Waals surface area contributed by atoms with Gasteiger partial charge in [0.2, 0.25) is 5.88 Å². The first-order valence-electron chi connectivity index (χ1n) is 11.1. The molecule has 0 saturated carbocycles. The maximum Gasteiger partial charge on any atom is 0.259 e. The molecule has 3 N–H and O–H groups in total. The Morgan fingerprint density at radius 1 is 0.914 bits per heavy atom. The average molecular weight is 484 g/mol. The zero-order valence-corrected chi connectivity index (χ0v) is 19.4. The Kier molecular flexibility index (Phi) is 6.37. The average Bonchev–Trinajstić information content (AvgIpc) is 3.52. The Morgan fingerprint density at radius 3 is 2.37 bits per heavy atom. The van der Waals surface area contributed by atoms with E-state index in [1.807, 2.05) is 72.8 Å². The summed E-state index contributed by atoms with van der Waals surface area (Å²) in [6.07, 6.45) is 0.608. The highest BCUT2D eigenvalue weighted by molar-refractivity contribution is 6.30. The molecule has 2 heterocycles. The molecule has 6 nitrogen and oxygen atoms in total. The third-order valence-electron chi connectivity index (χ3n) is 5.68. The van der Waals surface area contributed by atoms with Crippen molar-refractivity contribution in [2.24, 2.45) is 0 Å². The molecule has 0 fully saturated rings. The van der Waals surface area contributed by atoms with Gasteiger partial charge in [-0.25, -0.2) is 0 Å². The van der Waals surface area contributed by atoms with Crippen molar-refractivity contribution in [3.05, 3.63) is 119 Å². The molecule has 0 bridgehead atoms. The minimum Gasteiger partial charge on any atom is -0.454 e. The van der Waals surface area contributed by atoms with Gasteiger partial charge in [-0.2, -0.15) is 0 Å². The zero-order valence-electron chi connectivity index (χ0n) is 18.6. The molecule has 5 aromatic rings. The Hall–Kier alpha value is -4.29. The number of aromatic nitrogens is 1. The number of anilines is 1. The first kappa shape index (κ1) is 22.5. The highest BCUT2D eigenvalue weighted by atomic mass is 35.5. The molecular weight excluding hydrogens is 462 g/mol. The number of rotatable bonds is 7. The summed E-state index contributed by atoms with van der Waals surface area (Å²) >= 11 is 6.11. The number of carbonyl (C=O) groups excluding carboxylic acids is 1. The number of benzene rings is 3. The quantitative estimate of drug-likeness (QED) is 0.273. The minimum absolute atomic E-state index is 0.0790. The molecule has 35 heavy (non-hydrogen) atoms. The molecule has 0 aliphatic carbocycles. The fraction of sp³-hybridized carbons (Fsp3) is 0.0714. The lowest BCUT2D eigenvalue weighted by atomic mass is 9.98. The van der Waals surface area contributed by atoms with Gasteiger partial charge in [-0.15, -0.1) is 0 Å². The van der Waals surface area contributed by atoms with E-state index in [0.717, 1.165) is 16.7 Å². The van der Waals surface area contributed by atoms with E-state index in [1.165, 1.54) is 0 Å². The van der Waals surface area contributed by atoms with Gasteiger partial charge < -0.3 is 20.0 Å². The molecule has 1 atom stereocenters. The van der Waals surface area contributed by atoms with Crippen LogP contribution in [-0.4, -0.2) is 11.1 Å². The number of nitrogens with two attached hydrogens (primary N) is 1. The number of nitrogens with one attached hydrogen (secondary N) is 1. The number of halogens is 1. The number of hydrogen-bond donors (Lipinski definition) is 2. The summed E-state index contributed by atoms with van der Waals surface area (Å²) in [6.45, 7) is 0. The smallest absolute Gasteiger partial charge is 0.259 e. The number of amides is 1.